The van der Waals surface area contributed by atoms with Crippen molar-refractivity contribution in [1.82, 2.24) is 0 Å². The number of hydrogen-bond acceptors (Lipinski definition) is 0. The molecule has 0 N–H and O–H groups in total. The molecule has 0 atom stereocenters. The van der Waals surface area contributed by atoms with Crippen LogP contribution in [-0.4, -0.2) is 0 Å². The fraction of sp³-hybridized carbons (Fsp3) is 0.238. The first-order valence-electron chi connectivity index (χ1n) is 7.89. The summed E-state index contributed by atoms with van der Waals surface area (Å²) in [6.07, 6.45) is 10.4. The van der Waals surface area contributed by atoms with Gasteiger partial charge < -0.3 is 0 Å². The molecule has 0 fully saturated rings. The highest BCUT2D eigenvalue weighted by atomic mass is 14.2. The second-order valence-corrected chi connectivity index (χ2v) is 5.66. The normalized spacial score (nSPS) is 20.6. The highest BCUT2D eigenvalue weighted by molar-refractivity contribution is 5.69. The van der Waals surface area contributed by atoms with Gasteiger partial charge in [-0.15, -0.1) is 0 Å². The Balaban J connectivity index is 1.95. The maximum Gasteiger partial charge on any atom is -0.00609 e. The molecule has 0 unspecified atom stereocenters. The Morgan fingerprint density at radius 2 is 1.29 bits per heavy atom. The lowest BCUT2D eigenvalue weighted by molar-refractivity contribution is 0.887. The molecule has 0 nitrogen and oxygen atoms in total. The van der Waals surface area contributed by atoms with E-state index in [1.807, 2.05) is 0 Å². The third-order valence-corrected chi connectivity index (χ3v) is 4.15. The molecule has 1 aliphatic carbocycles. The van der Waals surface area contributed by atoms with E-state index in [0.717, 1.165) is 19.3 Å². The molecule has 0 spiro atoms. The van der Waals surface area contributed by atoms with Crippen molar-refractivity contribution in [3.63, 3.8) is 0 Å². The van der Waals surface area contributed by atoms with Crippen molar-refractivity contribution in [3.8, 4) is 0 Å². The lowest BCUT2D eigenvalue weighted by Crippen LogP contribution is -1.99. The quantitative estimate of drug-likeness (QED) is 0.619. The van der Waals surface area contributed by atoms with Crippen molar-refractivity contribution in [3.05, 3.63) is 89.5 Å². The maximum atomic E-state index is 2.34. The summed E-state index contributed by atoms with van der Waals surface area (Å²) in [5.41, 5.74) is 5.99. The lowest BCUT2D eigenvalue weighted by atomic mass is 9.88. The van der Waals surface area contributed by atoms with Crippen LogP contribution in [0.1, 0.15) is 36.8 Å². The Morgan fingerprint density at radius 1 is 0.667 bits per heavy atom. The van der Waals surface area contributed by atoms with Gasteiger partial charge in [-0.05, 0) is 48.8 Å². The molecule has 0 aliphatic heterocycles. The number of hydrogen-bond donors (Lipinski definition) is 0. The molecule has 106 valence electrons. The summed E-state index contributed by atoms with van der Waals surface area (Å²) in [7, 11) is 0. The summed E-state index contributed by atoms with van der Waals surface area (Å²) >= 11 is 0. The van der Waals surface area contributed by atoms with E-state index in [4.69, 9.17) is 0 Å². The Kier molecular flexibility index (Phi) is 4.68. The summed E-state index contributed by atoms with van der Waals surface area (Å²) in [6.45, 7) is 0. The Bertz CT molecular complexity index is 618. The van der Waals surface area contributed by atoms with E-state index in [1.165, 1.54) is 24.0 Å². The minimum atomic E-state index is 1.08. The SMILES string of the molecule is C1=C\CC/C(c2ccccc2)=C(/Cc2ccccc2)CC/1. The molecule has 2 aromatic rings. The van der Waals surface area contributed by atoms with Crippen molar-refractivity contribution in [2.75, 3.05) is 0 Å². The standard InChI is InChI=1S/C21H22/c1-2-10-16-21(19-13-8-4-9-14-19)20(15-7-1)17-18-11-5-3-6-12-18/h1-6,8-9,11-14H,7,10,15-17H2/b2-1-,21-20-. The van der Waals surface area contributed by atoms with Gasteiger partial charge in [-0.1, -0.05) is 78.4 Å². The van der Waals surface area contributed by atoms with Gasteiger partial charge in [-0.2, -0.15) is 0 Å². The van der Waals surface area contributed by atoms with Gasteiger partial charge in [0.1, 0.15) is 0 Å². The first-order chi connectivity index (χ1) is 10.4. The Labute approximate surface area is 127 Å². The summed E-state index contributed by atoms with van der Waals surface area (Å²) in [5, 5.41) is 0. The number of benzene rings is 2. The average Bonchev–Trinajstić information content (AvgIpc) is 2.52. The van der Waals surface area contributed by atoms with Crippen molar-refractivity contribution < 1.29 is 0 Å². The molecule has 0 amide bonds. The van der Waals surface area contributed by atoms with Crippen LogP contribution in [0.2, 0.25) is 0 Å². The smallest absolute Gasteiger partial charge is 0.00609 e. The monoisotopic (exact) mass is 274 g/mol. The van der Waals surface area contributed by atoms with Gasteiger partial charge in [0.25, 0.3) is 0 Å². The van der Waals surface area contributed by atoms with E-state index >= 15 is 0 Å². The van der Waals surface area contributed by atoms with Crippen LogP contribution >= 0.6 is 0 Å². The molecule has 1 aliphatic rings. The second-order valence-electron chi connectivity index (χ2n) is 5.66. The predicted molar refractivity (Wildman–Crippen MR) is 91.1 cm³/mol. The molecule has 0 bridgehead atoms. The summed E-state index contributed by atoms with van der Waals surface area (Å²) in [6, 6.07) is 21.8. The second kappa shape index (κ2) is 7.08. The third kappa shape index (κ3) is 3.72. The average molecular weight is 274 g/mol. The van der Waals surface area contributed by atoms with Crippen LogP contribution in [0.3, 0.4) is 0 Å². The molecule has 3 rings (SSSR count). The highest BCUT2D eigenvalue weighted by Crippen LogP contribution is 2.30. The Morgan fingerprint density at radius 3 is 2.00 bits per heavy atom. The molecular weight excluding hydrogens is 252 g/mol. The molecular formula is C21H22. The molecule has 0 saturated carbocycles. The van der Waals surface area contributed by atoms with Crippen molar-refractivity contribution in [2.45, 2.75) is 32.1 Å². The number of allylic oxidation sites excluding steroid dienone is 4. The van der Waals surface area contributed by atoms with Crippen LogP contribution in [0.4, 0.5) is 0 Å². The molecule has 0 radical (unpaired) electrons. The van der Waals surface area contributed by atoms with Crippen LogP contribution in [0.15, 0.2) is 78.4 Å². The molecule has 0 heteroatoms. The van der Waals surface area contributed by atoms with E-state index in [9.17, 15) is 0 Å². The van der Waals surface area contributed by atoms with E-state index < -0.39 is 0 Å². The summed E-state index contributed by atoms with van der Waals surface area (Å²) in [5.74, 6) is 0. The van der Waals surface area contributed by atoms with Gasteiger partial charge in [0, 0.05) is 0 Å². The molecule has 0 aromatic heterocycles. The van der Waals surface area contributed by atoms with E-state index in [1.54, 1.807) is 11.1 Å². The van der Waals surface area contributed by atoms with Gasteiger partial charge in [-0.25, -0.2) is 0 Å². The van der Waals surface area contributed by atoms with E-state index in [-0.39, 0.29) is 0 Å². The van der Waals surface area contributed by atoms with Crippen molar-refractivity contribution in [2.24, 2.45) is 0 Å². The van der Waals surface area contributed by atoms with E-state index in [0.29, 0.717) is 0 Å². The topological polar surface area (TPSA) is 0 Å². The lowest BCUT2D eigenvalue weighted by Gasteiger charge is -2.17. The molecule has 0 saturated heterocycles. The van der Waals surface area contributed by atoms with Gasteiger partial charge in [0.2, 0.25) is 0 Å². The number of rotatable bonds is 3. The van der Waals surface area contributed by atoms with Crippen LogP contribution in [0.25, 0.3) is 5.57 Å². The first-order valence-corrected chi connectivity index (χ1v) is 7.89. The van der Waals surface area contributed by atoms with Crippen molar-refractivity contribution in [1.29, 1.82) is 0 Å². The zero-order chi connectivity index (χ0) is 14.3. The maximum absolute atomic E-state index is 2.34. The zero-order valence-corrected chi connectivity index (χ0v) is 12.5. The summed E-state index contributed by atoms with van der Waals surface area (Å²) in [4.78, 5) is 0. The predicted octanol–water partition coefficient (Wildman–Crippen LogP) is 5.81. The van der Waals surface area contributed by atoms with Gasteiger partial charge in [-0.3, -0.25) is 0 Å². The van der Waals surface area contributed by atoms with Crippen LogP contribution in [0, 0.1) is 0 Å². The van der Waals surface area contributed by atoms with Gasteiger partial charge in [0.05, 0.1) is 0 Å². The zero-order valence-electron chi connectivity index (χ0n) is 12.5. The fourth-order valence-electron chi connectivity index (χ4n) is 3.07. The Hall–Kier alpha value is -2.08. The summed E-state index contributed by atoms with van der Waals surface area (Å²) < 4.78 is 0. The molecule has 0 heterocycles. The largest absolute Gasteiger partial charge is 0.0882 e. The molecule has 2 aromatic carbocycles. The first kappa shape index (κ1) is 13.9. The third-order valence-electron chi connectivity index (χ3n) is 4.15. The van der Waals surface area contributed by atoms with Gasteiger partial charge >= 0.3 is 0 Å². The van der Waals surface area contributed by atoms with Crippen LogP contribution in [0.5, 0.6) is 0 Å². The van der Waals surface area contributed by atoms with Crippen LogP contribution < -0.4 is 0 Å². The minimum Gasteiger partial charge on any atom is -0.0882 e. The van der Waals surface area contributed by atoms with Crippen LogP contribution in [-0.2, 0) is 6.42 Å². The van der Waals surface area contributed by atoms with Gasteiger partial charge in [0.15, 0.2) is 0 Å². The van der Waals surface area contributed by atoms with Crippen molar-refractivity contribution >= 4 is 5.57 Å². The highest BCUT2D eigenvalue weighted by Gasteiger charge is 2.11. The minimum absolute atomic E-state index is 1.08. The fourth-order valence-corrected chi connectivity index (χ4v) is 3.07. The van der Waals surface area contributed by atoms with E-state index in [2.05, 4.69) is 72.8 Å². The molecule has 21 heavy (non-hydrogen) atoms.